The predicted molar refractivity (Wildman–Crippen MR) is 96.5 cm³/mol. The zero-order chi connectivity index (χ0) is 20.7. The summed E-state index contributed by atoms with van der Waals surface area (Å²) in [5, 5.41) is 2.23. The second-order valence-electron chi connectivity index (χ2n) is 8.16. The number of alkyl halides is 3. The molecule has 1 saturated heterocycles. The Balaban J connectivity index is 1.32. The molecule has 6 rings (SSSR count). The van der Waals surface area contributed by atoms with Gasteiger partial charge in [0.15, 0.2) is 0 Å². The van der Waals surface area contributed by atoms with Crippen molar-refractivity contribution in [3.05, 3.63) is 40.9 Å². The second-order valence-corrected chi connectivity index (χ2v) is 8.56. The number of anilines is 1. The highest BCUT2D eigenvalue weighted by Crippen LogP contribution is 2.65. The van der Waals surface area contributed by atoms with Crippen LogP contribution in [0.3, 0.4) is 0 Å². The van der Waals surface area contributed by atoms with Gasteiger partial charge in [-0.25, -0.2) is 0 Å². The Morgan fingerprint density at radius 2 is 1.69 bits per heavy atom. The van der Waals surface area contributed by atoms with Crippen LogP contribution in [0.25, 0.3) is 0 Å². The van der Waals surface area contributed by atoms with E-state index in [2.05, 4.69) is 5.32 Å². The van der Waals surface area contributed by atoms with E-state index >= 15 is 0 Å². The molecule has 1 aromatic carbocycles. The fourth-order valence-electron chi connectivity index (χ4n) is 5.31. The van der Waals surface area contributed by atoms with E-state index in [4.69, 9.17) is 11.6 Å². The van der Waals surface area contributed by atoms with E-state index in [9.17, 15) is 27.6 Å². The van der Waals surface area contributed by atoms with Crippen LogP contribution in [0.2, 0.25) is 5.02 Å². The summed E-state index contributed by atoms with van der Waals surface area (Å²) >= 11 is 5.89. The van der Waals surface area contributed by atoms with Crippen molar-refractivity contribution in [2.24, 2.45) is 35.5 Å². The summed E-state index contributed by atoms with van der Waals surface area (Å²) < 4.78 is 38.7. The van der Waals surface area contributed by atoms with Crippen molar-refractivity contribution in [1.82, 2.24) is 4.90 Å². The van der Waals surface area contributed by atoms with Crippen LogP contribution < -0.4 is 5.32 Å². The number of likely N-dealkylation sites (tertiary alicyclic amines) is 1. The van der Waals surface area contributed by atoms with Crippen molar-refractivity contribution >= 4 is 35.0 Å². The van der Waals surface area contributed by atoms with E-state index in [1.165, 1.54) is 0 Å². The molecular formula is C20H16ClF3N2O3. The second kappa shape index (κ2) is 6.08. The first-order valence-electron chi connectivity index (χ1n) is 9.37. The Bertz CT molecular complexity index is 940. The lowest BCUT2D eigenvalue weighted by Crippen LogP contribution is -2.40. The molecule has 1 aromatic rings. The van der Waals surface area contributed by atoms with Crippen molar-refractivity contribution in [3.8, 4) is 0 Å². The van der Waals surface area contributed by atoms with Crippen molar-refractivity contribution in [1.29, 1.82) is 0 Å². The first kappa shape index (κ1) is 18.7. The largest absolute Gasteiger partial charge is 0.416 e. The normalized spacial score (nSPS) is 34.3. The first-order valence-corrected chi connectivity index (χ1v) is 9.75. The zero-order valence-electron chi connectivity index (χ0n) is 14.9. The number of hydrogen-bond donors (Lipinski definition) is 1. The summed E-state index contributed by atoms with van der Waals surface area (Å²) in [5.41, 5.74) is -1.18. The van der Waals surface area contributed by atoms with Crippen LogP contribution in [-0.2, 0) is 20.6 Å². The summed E-state index contributed by atoms with van der Waals surface area (Å²) in [4.78, 5) is 39.1. The molecule has 4 aliphatic carbocycles. The highest BCUT2D eigenvalue weighted by Gasteiger charge is 2.67. The standard InChI is InChI=1S/C20H16ClF3N2O3/c21-13-4-1-8(20(22,23)24)5-14(13)25-15(27)7-26-18(28)16-9-2-3-10(12-6-11(9)12)17(16)19(26)29/h1-5,9-12,16-17H,6-7H2,(H,25,27)/t9-,10-,11-,12-,16+,17+/m0/s1. The molecule has 3 amide bonds. The maximum Gasteiger partial charge on any atom is 0.416 e. The topological polar surface area (TPSA) is 66.5 Å². The van der Waals surface area contributed by atoms with Crippen LogP contribution in [0.4, 0.5) is 18.9 Å². The number of nitrogens with one attached hydrogen (secondary N) is 1. The number of hydrogen-bond acceptors (Lipinski definition) is 3. The van der Waals surface area contributed by atoms with Gasteiger partial charge in [-0.15, -0.1) is 0 Å². The molecule has 0 radical (unpaired) electrons. The molecule has 3 fully saturated rings. The van der Waals surface area contributed by atoms with Crippen molar-refractivity contribution < 1.29 is 27.6 Å². The lowest BCUT2D eigenvalue weighted by molar-refractivity contribution is -0.143. The van der Waals surface area contributed by atoms with Crippen LogP contribution >= 0.6 is 11.6 Å². The van der Waals surface area contributed by atoms with Gasteiger partial charge in [-0.3, -0.25) is 19.3 Å². The minimum absolute atomic E-state index is 0.0393. The van der Waals surface area contributed by atoms with Gasteiger partial charge < -0.3 is 5.32 Å². The number of carbonyl (C=O) groups excluding carboxylic acids is 3. The van der Waals surface area contributed by atoms with Gasteiger partial charge in [0.1, 0.15) is 6.54 Å². The molecule has 1 aliphatic heterocycles. The number of imide groups is 1. The van der Waals surface area contributed by atoms with E-state index in [0.717, 1.165) is 29.5 Å². The third-order valence-corrected chi connectivity index (χ3v) is 6.95. The van der Waals surface area contributed by atoms with Crippen LogP contribution in [0.15, 0.2) is 30.4 Å². The third-order valence-electron chi connectivity index (χ3n) is 6.62. The first-order chi connectivity index (χ1) is 13.7. The molecule has 5 aliphatic rings. The maximum absolute atomic E-state index is 12.9. The number of benzene rings is 1. The summed E-state index contributed by atoms with van der Waals surface area (Å²) in [5.74, 6) is -1.38. The molecule has 29 heavy (non-hydrogen) atoms. The van der Waals surface area contributed by atoms with Crippen molar-refractivity contribution in [3.63, 3.8) is 0 Å². The number of halogens is 4. The van der Waals surface area contributed by atoms with E-state index in [1.807, 2.05) is 12.2 Å². The minimum Gasteiger partial charge on any atom is -0.323 e. The van der Waals surface area contributed by atoms with E-state index < -0.39 is 36.0 Å². The van der Waals surface area contributed by atoms with Gasteiger partial charge in [0.2, 0.25) is 17.7 Å². The molecule has 0 unspecified atom stereocenters. The number of rotatable bonds is 3. The van der Waals surface area contributed by atoms with Gasteiger partial charge in [-0.1, -0.05) is 23.8 Å². The zero-order valence-corrected chi connectivity index (χ0v) is 15.7. The number of carbonyl (C=O) groups is 3. The van der Waals surface area contributed by atoms with E-state index in [-0.39, 0.29) is 34.4 Å². The Hall–Kier alpha value is -2.35. The van der Waals surface area contributed by atoms with Crippen LogP contribution in [0.5, 0.6) is 0 Å². The maximum atomic E-state index is 12.9. The summed E-state index contributed by atoms with van der Waals surface area (Å²) in [7, 11) is 0. The van der Waals surface area contributed by atoms with Crippen LogP contribution in [-0.4, -0.2) is 29.2 Å². The molecule has 1 N–H and O–H groups in total. The monoisotopic (exact) mass is 424 g/mol. The van der Waals surface area contributed by atoms with E-state index in [0.29, 0.717) is 11.8 Å². The van der Waals surface area contributed by atoms with Gasteiger partial charge in [-0.2, -0.15) is 13.2 Å². The van der Waals surface area contributed by atoms with Crippen molar-refractivity contribution in [2.45, 2.75) is 12.6 Å². The summed E-state index contributed by atoms with van der Waals surface area (Å²) in [6.45, 7) is -0.536. The SMILES string of the molecule is O=C(CN1C(=O)[C@@H]2[C@H]3C=C[C@@H]([C@@H]4C[C@@H]34)[C@H]2C1=O)Nc1cc(C(F)(F)F)ccc1Cl. The fourth-order valence-corrected chi connectivity index (χ4v) is 5.47. The van der Waals surface area contributed by atoms with Gasteiger partial charge >= 0.3 is 6.18 Å². The number of allylic oxidation sites excluding steroid dienone is 2. The minimum atomic E-state index is -4.59. The average Bonchev–Trinajstić information content (AvgIpc) is 3.44. The molecule has 9 heteroatoms. The lowest BCUT2D eigenvalue weighted by Gasteiger charge is -2.37. The van der Waals surface area contributed by atoms with Crippen LogP contribution in [0, 0.1) is 35.5 Å². The molecule has 5 nitrogen and oxygen atoms in total. The average molecular weight is 425 g/mol. The smallest absolute Gasteiger partial charge is 0.323 e. The Labute approximate surface area is 168 Å². The third kappa shape index (κ3) is 2.79. The van der Waals surface area contributed by atoms with Gasteiger partial charge in [0.05, 0.1) is 28.1 Å². The molecule has 0 spiro atoms. The van der Waals surface area contributed by atoms with E-state index in [1.54, 1.807) is 0 Å². The predicted octanol–water partition coefficient (Wildman–Crippen LogP) is 3.35. The molecule has 152 valence electrons. The summed E-state index contributed by atoms with van der Waals surface area (Å²) in [6, 6.07) is 2.58. The van der Waals surface area contributed by atoms with Crippen LogP contribution in [0.1, 0.15) is 12.0 Å². The Morgan fingerprint density at radius 1 is 1.10 bits per heavy atom. The van der Waals surface area contributed by atoms with Crippen molar-refractivity contribution in [2.75, 3.05) is 11.9 Å². The number of nitrogens with zero attached hydrogens (tertiary/aromatic N) is 1. The molecule has 6 atom stereocenters. The van der Waals surface area contributed by atoms with Gasteiger partial charge in [-0.05, 0) is 48.3 Å². The lowest BCUT2D eigenvalue weighted by atomic mass is 9.63. The summed E-state index contributed by atoms with van der Waals surface area (Å²) in [6.07, 6.45) is 0.493. The Kier molecular flexibility index (Phi) is 3.91. The fraction of sp³-hybridized carbons (Fsp3) is 0.450. The molecular weight excluding hydrogens is 409 g/mol. The quantitative estimate of drug-likeness (QED) is 0.597. The highest BCUT2D eigenvalue weighted by atomic mass is 35.5. The molecule has 2 bridgehead atoms. The number of amides is 3. The molecule has 1 heterocycles. The Morgan fingerprint density at radius 3 is 2.24 bits per heavy atom. The highest BCUT2D eigenvalue weighted by molar-refractivity contribution is 6.33. The molecule has 2 saturated carbocycles. The van der Waals surface area contributed by atoms with Gasteiger partial charge in [0, 0.05) is 0 Å². The molecule has 0 aromatic heterocycles. The van der Waals surface area contributed by atoms with Gasteiger partial charge in [0.25, 0.3) is 0 Å².